The Morgan fingerprint density at radius 2 is 1.81 bits per heavy atom. The van der Waals surface area contributed by atoms with Crippen molar-refractivity contribution in [3.63, 3.8) is 0 Å². The summed E-state index contributed by atoms with van der Waals surface area (Å²) >= 11 is 9.12. The number of thiocarbonyl (C=S) groups is 1. The van der Waals surface area contributed by atoms with Crippen LogP contribution < -0.4 is 5.32 Å². The Kier molecular flexibility index (Phi) is 4.81. The van der Waals surface area contributed by atoms with Crippen LogP contribution in [0.3, 0.4) is 0 Å². The van der Waals surface area contributed by atoms with Gasteiger partial charge in [-0.25, -0.2) is 0 Å². The maximum absolute atomic E-state index is 4.99. The number of rotatable bonds is 3. The Balaban J connectivity index is 3.26. The molecule has 1 aromatic carbocycles. The molecule has 1 aromatic rings. The van der Waals surface area contributed by atoms with E-state index in [1.165, 1.54) is 11.1 Å². The van der Waals surface area contributed by atoms with Crippen LogP contribution in [-0.4, -0.2) is 4.32 Å². The molecular formula is C13H19NS2. The first kappa shape index (κ1) is 13.5. The number of thiol groups is 1. The second kappa shape index (κ2) is 5.69. The third-order valence-corrected chi connectivity index (χ3v) is 2.79. The summed E-state index contributed by atoms with van der Waals surface area (Å²) in [5.41, 5.74) is 3.81. The molecule has 1 nitrogen and oxygen atoms in total. The van der Waals surface area contributed by atoms with Gasteiger partial charge in [-0.1, -0.05) is 52.0 Å². The van der Waals surface area contributed by atoms with Gasteiger partial charge in [-0.2, -0.15) is 0 Å². The highest BCUT2D eigenvalue weighted by atomic mass is 32.1. The second-order valence-electron chi connectivity index (χ2n) is 4.55. The fourth-order valence-electron chi connectivity index (χ4n) is 1.96. The highest BCUT2D eigenvalue weighted by Gasteiger charge is 2.14. The molecule has 0 aliphatic carbocycles. The van der Waals surface area contributed by atoms with Gasteiger partial charge in [0.05, 0.1) is 0 Å². The lowest BCUT2D eigenvalue weighted by atomic mass is 9.89. The predicted octanol–water partition coefficient (Wildman–Crippen LogP) is 4.56. The molecule has 0 spiro atoms. The van der Waals surface area contributed by atoms with Gasteiger partial charge in [0.2, 0.25) is 0 Å². The van der Waals surface area contributed by atoms with E-state index in [4.69, 9.17) is 12.2 Å². The van der Waals surface area contributed by atoms with Crippen molar-refractivity contribution in [3.8, 4) is 0 Å². The topological polar surface area (TPSA) is 12.0 Å². The van der Waals surface area contributed by atoms with Gasteiger partial charge >= 0.3 is 0 Å². The van der Waals surface area contributed by atoms with Crippen LogP contribution in [0.25, 0.3) is 0 Å². The van der Waals surface area contributed by atoms with Crippen molar-refractivity contribution in [3.05, 3.63) is 29.3 Å². The molecular weight excluding hydrogens is 234 g/mol. The van der Waals surface area contributed by atoms with E-state index >= 15 is 0 Å². The minimum atomic E-state index is 0.476. The Labute approximate surface area is 109 Å². The molecule has 0 aliphatic heterocycles. The summed E-state index contributed by atoms with van der Waals surface area (Å²) in [5.74, 6) is 0.997. The molecule has 3 heteroatoms. The number of hydrogen-bond donors (Lipinski definition) is 2. The van der Waals surface area contributed by atoms with Crippen molar-refractivity contribution in [2.45, 2.75) is 39.5 Å². The fraction of sp³-hybridized carbons (Fsp3) is 0.462. The molecule has 0 aromatic heterocycles. The Morgan fingerprint density at radius 1 is 1.19 bits per heavy atom. The van der Waals surface area contributed by atoms with Crippen LogP contribution in [0.4, 0.5) is 5.69 Å². The first-order chi connectivity index (χ1) is 7.43. The maximum atomic E-state index is 4.99. The average Bonchev–Trinajstić information content (AvgIpc) is 2.15. The Bertz CT molecular complexity index is 384. The minimum Gasteiger partial charge on any atom is -0.341 e. The summed E-state index contributed by atoms with van der Waals surface area (Å²) in [6, 6.07) is 6.31. The van der Waals surface area contributed by atoms with Gasteiger partial charge in [-0.3, -0.25) is 0 Å². The lowest BCUT2D eigenvalue weighted by Crippen LogP contribution is -2.08. The molecule has 1 rings (SSSR count). The van der Waals surface area contributed by atoms with Crippen LogP contribution in [-0.2, 0) is 0 Å². The number of benzene rings is 1. The van der Waals surface area contributed by atoms with E-state index in [-0.39, 0.29) is 0 Å². The van der Waals surface area contributed by atoms with Gasteiger partial charge < -0.3 is 5.32 Å². The smallest absolute Gasteiger partial charge is 0.135 e. The van der Waals surface area contributed by atoms with E-state index in [1.807, 2.05) is 0 Å². The van der Waals surface area contributed by atoms with Crippen molar-refractivity contribution in [2.24, 2.45) is 0 Å². The van der Waals surface area contributed by atoms with Crippen LogP contribution in [0.1, 0.15) is 50.7 Å². The zero-order chi connectivity index (χ0) is 12.3. The van der Waals surface area contributed by atoms with Gasteiger partial charge in [-0.05, 0) is 29.0 Å². The summed E-state index contributed by atoms with van der Waals surface area (Å²) in [5, 5.41) is 3.15. The molecule has 0 amide bonds. The van der Waals surface area contributed by atoms with Gasteiger partial charge in [0.15, 0.2) is 0 Å². The van der Waals surface area contributed by atoms with Crippen LogP contribution >= 0.6 is 24.8 Å². The van der Waals surface area contributed by atoms with Crippen molar-refractivity contribution in [2.75, 3.05) is 5.32 Å². The number of hydrogen-bond acceptors (Lipinski definition) is 1. The lowest BCUT2D eigenvalue weighted by Gasteiger charge is -2.20. The third-order valence-electron chi connectivity index (χ3n) is 2.58. The van der Waals surface area contributed by atoms with E-state index in [1.54, 1.807) is 0 Å². The molecule has 0 atom stereocenters. The molecule has 1 N–H and O–H groups in total. The highest BCUT2D eigenvalue weighted by Crippen LogP contribution is 2.32. The van der Waals surface area contributed by atoms with Gasteiger partial charge in [0, 0.05) is 5.69 Å². The molecule has 0 aliphatic rings. The van der Waals surface area contributed by atoms with Crippen molar-refractivity contribution in [1.82, 2.24) is 0 Å². The minimum absolute atomic E-state index is 0.476. The quantitative estimate of drug-likeness (QED) is 0.605. The predicted molar refractivity (Wildman–Crippen MR) is 79.8 cm³/mol. The summed E-state index contributed by atoms with van der Waals surface area (Å²) in [4.78, 5) is 0. The van der Waals surface area contributed by atoms with E-state index < -0.39 is 0 Å². The van der Waals surface area contributed by atoms with Crippen LogP contribution in [0, 0.1) is 0 Å². The zero-order valence-electron chi connectivity index (χ0n) is 10.2. The third kappa shape index (κ3) is 3.22. The monoisotopic (exact) mass is 253 g/mol. The van der Waals surface area contributed by atoms with E-state index in [9.17, 15) is 0 Å². The molecule has 0 bridgehead atoms. The van der Waals surface area contributed by atoms with Crippen molar-refractivity contribution < 1.29 is 0 Å². The molecule has 0 fully saturated rings. The normalized spacial score (nSPS) is 10.9. The second-order valence-corrected chi connectivity index (χ2v) is 5.71. The van der Waals surface area contributed by atoms with E-state index in [0.717, 1.165) is 5.69 Å². The molecule has 0 heterocycles. The van der Waals surface area contributed by atoms with Crippen molar-refractivity contribution >= 4 is 34.9 Å². The molecule has 0 unspecified atom stereocenters. The number of anilines is 1. The number of nitrogens with one attached hydrogen (secondary N) is 1. The van der Waals surface area contributed by atoms with E-state index in [2.05, 4.69) is 63.8 Å². The Morgan fingerprint density at radius 3 is 2.25 bits per heavy atom. The first-order valence-corrected chi connectivity index (χ1v) is 6.41. The highest BCUT2D eigenvalue weighted by molar-refractivity contribution is 8.11. The Hall–Kier alpha value is -0.540. The van der Waals surface area contributed by atoms with Gasteiger partial charge in [0.1, 0.15) is 4.32 Å². The first-order valence-electron chi connectivity index (χ1n) is 5.56. The van der Waals surface area contributed by atoms with E-state index in [0.29, 0.717) is 16.2 Å². The molecule has 0 saturated heterocycles. The molecule has 0 saturated carbocycles. The largest absolute Gasteiger partial charge is 0.341 e. The maximum Gasteiger partial charge on any atom is 0.135 e. The van der Waals surface area contributed by atoms with Crippen LogP contribution in [0.15, 0.2) is 18.2 Å². The fourth-order valence-corrected chi connectivity index (χ4v) is 2.19. The van der Waals surface area contributed by atoms with Crippen LogP contribution in [0.5, 0.6) is 0 Å². The molecule has 88 valence electrons. The molecule has 16 heavy (non-hydrogen) atoms. The van der Waals surface area contributed by atoms with Crippen molar-refractivity contribution in [1.29, 1.82) is 0 Å². The SMILES string of the molecule is CC(C)c1cccc(NC(=S)S)c1C(C)C. The van der Waals surface area contributed by atoms with Gasteiger partial charge in [0.25, 0.3) is 0 Å². The summed E-state index contributed by atoms with van der Waals surface area (Å²) < 4.78 is 0.516. The summed E-state index contributed by atoms with van der Waals surface area (Å²) in [6.45, 7) is 8.83. The standard InChI is InChI=1S/C13H19NS2/c1-8(2)10-6-5-7-11(14-13(15)16)12(10)9(3)4/h5-9H,1-4H3,(H2,14,15,16). The summed E-state index contributed by atoms with van der Waals surface area (Å²) in [7, 11) is 0. The lowest BCUT2D eigenvalue weighted by molar-refractivity contribution is 0.793. The summed E-state index contributed by atoms with van der Waals surface area (Å²) in [6.07, 6.45) is 0. The molecule has 0 radical (unpaired) electrons. The average molecular weight is 253 g/mol. The van der Waals surface area contributed by atoms with Crippen LogP contribution in [0.2, 0.25) is 0 Å². The zero-order valence-corrected chi connectivity index (χ0v) is 12.0. The van der Waals surface area contributed by atoms with Gasteiger partial charge in [-0.15, -0.1) is 12.6 Å².